The minimum absolute atomic E-state index is 0. The molecule has 8 aromatic rings. The highest BCUT2D eigenvalue weighted by molar-refractivity contribution is 7.22. The van der Waals surface area contributed by atoms with Crippen molar-refractivity contribution in [3.8, 4) is 33.8 Å². The first-order valence-corrected chi connectivity index (χ1v) is 27.7. The van der Waals surface area contributed by atoms with Crippen LogP contribution in [0.25, 0.3) is 42.4 Å². The third kappa shape index (κ3) is 12.2. The molecule has 4 aromatic heterocycles. The largest absolute Gasteiger partial charge is 0.496 e. The van der Waals surface area contributed by atoms with E-state index in [1.807, 2.05) is 61.0 Å². The van der Waals surface area contributed by atoms with Crippen LogP contribution < -0.4 is 25.5 Å². The van der Waals surface area contributed by atoms with Crippen LogP contribution in [-0.2, 0) is 20.1 Å². The molecule has 0 unspecified atom stereocenters. The fraction of sp³-hybridized carbons (Fsp3) is 0.333. The lowest BCUT2D eigenvalue weighted by molar-refractivity contribution is -0.671. The monoisotopic (exact) mass is 1120 g/mol. The molecule has 2 aliphatic carbocycles. The maximum absolute atomic E-state index is 14.7. The van der Waals surface area contributed by atoms with E-state index in [0.29, 0.717) is 64.1 Å². The number of thiophene rings is 2. The van der Waals surface area contributed by atoms with E-state index in [4.69, 9.17) is 44.1 Å². The Hall–Kier alpha value is -6.07. The molecule has 404 valence electrons. The highest BCUT2D eigenvalue weighted by Crippen LogP contribution is 2.43. The Labute approximate surface area is 466 Å². The van der Waals surface area contributed by atoms with Gasteiger partial charge in [-0.05, 0) is 135 Å². The Kier molecular flexibility index (Phi) is 18.3. The lowest BCUT2D eigenvalue weighted by Crippen LogP contribution is -2.43. The number of carbonyl (C=O) groups excluding carboxylic acids is 2. The summed E-state index contributed by atoms with van der Waals surface area (Å²) < 4.78 is 58.0. The molecule has 0 aliphatic heterocycles. The first kappa shape index (κ1) is 57.1. The standard InChI is InChI=1S/C30H32ClFN3O2S.C29H28ClF2N3O2S.CH4/c1-18-4-10-24(32)28-26(18)27(31)29(38-28)30(36)35(23-8-6-22(33)7-9-23)17-21-16-20(5-11-25(21)37-3)19-12-14-34(2)15-13-19;1-16-3-9-22(31)27-25(16)26(30)28(38-27)29(36)35(20-7-5-19(33)6-8-20)15-18-13-17(4-10-24(18)37-2)21-11-12-34-14-23(21)32;/h4-5,10-16,22-23H,6-9,17,33H2,1-3H3;3-4,9-14,19-20H,5-8,15,33H2,1-2H3;1H4/q+1;;. The number of carbonyl (C=O) groups is 2. The predicted octanol–water partition coefficient (Wildman–Crippen LogP) is 14.2. The van der Waals surface area contributed by atoms with E-state index >= 15 is 0 Å². The summed E-state index contributed by atoms with van der Waals surface area (Å²) in [4.78, 5) is 36.5. The molecular weight excluding hydrogens is 1060 g/mol. The average molecular weight is 1130 g/mol. The van der Waals surface area contributed by atoms with Crippen molar-refractivity contribution in [2.75, 3.05) is 14.2 Å². The van der Waals surface area contributed by atoms with Crippen LogP contribution in [0.2, 0.25) is 10.0 Å². The zero-order valence-electron chi connectivity index (χ0n) is 43.0. The van der Waals surface area contributed by atoms with E-state index in [1.165, 1.54) is 24.5 Å². The van der Waals surface area contributed by atoms with E-state index in [0.717, 1.165) is 107 Å². The number of pyridine rings is 2. The zero-order chi connectivity index (χ0) is 53.9. The zero-order valence-corrected chi connectivity index (χ0v) is 46.1. The SMILES string of the molecule is C.COc1ccc(-c2cc[n+](C)cc2)cc1CN(C(=O)c1sc2c(F)ccc(C)c2c1Cl)C1CCC(N)CC1.COc1ccc(-c2ccncc2F)cc1CN(C(=O)c1sc2c(F)ccc(C)c2c1Cl)C1CCC(N)CC1. The molecule has 4 aromatic carbocycles. The maximum Gasteiger partial charge on any atom is 0.266 e. The number of hydrogen-bond donors (Lipinski definition) is 2. The van der Waals surface area contributed by atoms with Gasteiger partial charge < -0.3 is 30.7 Å². The second-order valence-corrected chi connectivity index (χ2v) is 22.6. The second-order valence-electron chi connectivity index (χ2n) is 19.8. The van der Waals surface area contributed by atoms with E-state index in [1.54, 1.807) is 49.5 Å². The Bertz CT molecular complexity index is 3430. The van der Waals surface area contributed by atoms with Crippen molar-refractivity contribution in [1.29, 1.82) is 0 Å². The van der Waals surface area contributed by atoms with Crippen LogP contribution in [0.4, 0.5) is 13.2 Å². The molecule has 2 amide bonds. The fourth-order valence-corrected chi connectivity index (χ4v) is 13.7. The summed E-state index contributed by atoms with van der Waals surface area (Å²) in [5.74, 6) is -0.361. The van der Waals surface area contributed by atoms with E-state index in [-0.39, 0.29) is 60.8 Å². The molecule has 2 aliphatic rings. The van der Waals surface area contributed by atoms with Crippen LogP contribution in [0, 0.1) is 31.3 Å². The summed E-state index contributed by atoms with van der Waals surface area (Å²) in [6.45, 7) is 4.30. The van der Waals surface area contributed by atoms with Crippen molar-refractivity contribution in [2.45, 2.75) is 110 Å². The molecule has 0 bridgehead atoms. The summed E-state index contributed by atoms with van der Waals surface area (Å²) in [5.41, 5.74) is 18.8. The number of aromatic nitrogens is 2. The molecule has 17 heteroatoms. The summed E-state index contributed by atoms with van der Waals surface area (Å²) in [6.07, 6.45) is 13.1. The van der Waals surface area contributed by atoms with Crippen molar-refractivity contribution < 1.29 is 36.8 Å². The number of rotatable bonds is 12. The third-order valence-electron chi connectivity index (χ3n) is 14.8. The van der Waals surface area contributed by atoms with Gasteiger partial charge in [-0.3, -0.25) is 14.6 Å². The normalized spacial score (nSPS) is 17.3. The lowest BCUT2D eigenvalue weighted by Gasteiger charge is -2.36. The fourth-order valence-electron chi connectivity index (χ4n) is 10.5. The van der Waals surface area contributed by atoms with Crippen molar-refractivity contribution in [2.24, 2.45) is 18.5 Å². The molecule has 0 radical (unpaired) electrons. The first-order valence-electron chi connectivity index (χ1n) is 25.3. The molecule has 10 nitrogen and oxygen atoms in total. The predicted molar refractivity (Wildman–Crippen MR) is 306 cm³/mol. The average Bonchev–Trinajstić information content (AvgIpc) is 4.03. The molecule has 77 heavy (non-hydrogen) atoms. The van der Waals surface area contributed by atoms with Gasteiger partial charge in [0.05, 0.1) is 39.9 Å². The Morgan fingerprint density at radius 3 is 1.51 bits per heavy atom. The van der Waals surface area contributed by atoms with Gasteiger partial charge in [-0.15, -0.1) is 22.7 Å². The van der Waals surface area contributed by atoms with Crippen molar-refractivity contribution in [3.05, 3.63) is 163 Å². The molecule has 0 atom stereocenters. The minimum atomic E-state index is -0.438. The number of ether oxygens (including phenoxy) is 2. The van der Waals surface area contributed by atoms with Crippen LogP contribution in [0.15, 0.2) is 104 Å². The summed E-state index contributed by atoms with van der Waals surface area (Å²) >= 11 is 15.7. The van der Waals surface area contributed by atoms with Gasteiger partial charge in [-0.25, -0.2) is 17.7 Å². The van der Waals surface area contributed by atoms with Crippen molar-refractivity contribution in [3.63, 3.8) is 0 Å². The molecule has 4 N–H and O–H groups in total. The maximum atomic E-state index is 14.7. The number of fused-ring (bicyclic) bond motifs is 2. The van der Waals surface area contributed by atoms with Crippen LogP contribution in [0.5, 0.6) is 11.5 Å². The van der Waals surface area contributed by atoms with Crippen LogP contribution in [0.1, 0.15) is 100 Å². The van der Waals surface area contributed by atoms with Gasteiger partial charge in [0.25, 0.3) is 11.8 Å². The van der Waals surface area contributed by atoms with Gasteiger partial charge in [-0.2, -0.15) is 0 Å². The van der Waals surface area contributed by atoms with Crippen molar-refractivity contribution in [1.82, 2.24) is 14.8 Å². The Morgan fingerprint density at radius 2 is 1.08 bits per heavy atom. The van der Waals surface area contributed by atoms with E-state index in [9.17, 15) is 22.8 Å². The number of aryl methyl sites for hydroxylation is 3. The van der Waals surface area contributed by atoms with Crippen LogP contribution >= 0.6 is 45.9 Å². The molecule has 4 heterocycles. The van der Waals surface area contributed by atoms with Gasteiger partial charge in [0.2, 0.25) is 0 Å². The highest BCUT2D eigenvalue weighted by Gasteiger charge is 2.34. The number of nitrogens with zero attached hydrogens (tertiary/aromatic N) is 4. The minimum Gasteiger partial charge on any atom is -0.496 e. The first-order chi connectivity index (χ1) is 36.5. The van der Waals surface area contributed by atoms with E-state index in [2.05, 4.69) is 23.2 Å². The number of amides is 2. The topological polar surface area (TPSA) is 128 Å². The number of benzene rings is 4. The molecule has 0 saturated heterocycles. The summed E-state index contributed by atoms with van der Waals surface area (Å²) in [7, 11) is 5.18. The van der Waals surface area contributed by atoms with Crippen LogP contribution in [-0.4, -0.2) is 65.0 Å². The number of methoxy groups -OCH3 is 2. The van der Waals surface area contributed by atoms with E-state index < -0.39 is 11.6 Å². The van der Waals surface area contributed by atoms with Gasteiger partial charge >= 0.3 is 0 Å². The van der Waals surface area contributed by atoms with Crippen molar-refractivity contribution >= 4 is 77.9 Å². The number of nitrogens with two attached hydrogens (primary N) is 2. The van der Waals surface area contributed by atoms with Crippen LogP contribution in [0.3, 0.4) is 0 Å². The highest BCUT2D eigenvalue weighted by atomic mass is 35.5. The quantitative estimate of drug-likeness (QED) is 0.117. The lowest BCUT2D eigenvalue weighted by atomic mass is 9.90. The third-order valence-corrected chi connectivity index (χ3v) is 18.1. The van der Waals surface area contributed by atoms with Gasteiger partial charge in [0, 0.05) is 83.0 Å². The molecular formula is C60H64Cl2F3N6O4S2+. The number of hydrogen-bond acceptors (Lipinski definition) is 9. The Morgan fingerprint density at radius 1 is 0.636 bits per heavy atom. The second kappa shape index (κ2) is 24.7. The molecule has 2 fully saturated rings. The smallest absolute Gasteiger partial charge is 0.266 e. The van der Waals surface area contributed by atoms with Gasteiger partial charge in [-0.1, -0.05) is 54.9 Å². The summed E-state index contributed by atoms with van der Waals surface area (Å²) in [6, 6.07) is 23.5. The molecule has 0 spiro atoms. The van der Waals surface area contributed by atoms with Gasteiger partial charge in [0.15, 0.2) is 12.4 Å². The molecule has 2 saturated carbocycles. The number of halogens is 5. The summed E-state index contributed by atoms with van der Waals surface area (Å²) in [5, 5.41) is 1.77. The van der Waals surface area contributed by atoms with Gasteiger partial charge in [0.1, 0.15) is 45.8 Å². The molecule has 10 rings (SSSR count). The Balaban J connectivity index is 0.000000201.